The first-order valence-electron chi connectivity index (χ1n) is 7.16. The topological polar surface area (TPSA) is 59.6 Å². The van der Waals surface area contributed by atoms with E-state index in [0.717, 1.165) is 17.0 Å². The van der Waals surface area contributed by atoms with Crippen molar-refractivity contribution in [2.45, 2.75) is 12.6 Å². The minimum atomic E-state index is -0.520. The number of ether oxygens (including phenoxy) is 2. The zero-order valence-electron chi connectivity index (χ0n) is 12.3. The van der Waals surface area contributed by atoms with Gasteiger partial charge in [0.1, 0.15) is 11.5 Å². The van der Waals surface area contributed by atoms with Crippen LogP contribution in [0.1, 0.15) is 5.56 Å². The van der Waals surface area contributed by atoms with Crippen LogP contribution in [0.5, 0.6) is 11.5 Å². The molecule has 0 spiro atoms. The van der Waals surface area contributed by atoms with Gasteiger partial charge in [-0.15, -0.1) is 0 Å². The fourth-order valence-electron chi connectivity index (χ4n) is 2.31. The van der Waals surface area contributed by atoms with Gasteiger partial charge in [0.2, 0.25) is 0 Å². The van der Waals surface area contributed by atoms with Crippen LogP contribution < -0.4 is 20.1 Å². The summed E-state index contributed by atoms with van der Waals surface area (Å²) in [7, 11) is 1.63. The maximum absolute atomic E-state index is 12.2. The van der Waals surface area contributed by atoms with Gasteiger partial charge in [0.05, 0.1) is 19.3 Å². The summed E-state index contributed by atoms with van der Waals surface area (Å²) in [6, 6.07) is 15.2. The van der Waals surface area contributed by atoms with Gasteiger partial charge in [-0.1, -0.05) is 24.3 Å². The van der Waals surface area contributed by atoms with Gasteiger partial charge in [-0.3, -0.25) is 4.79 Å². The molecular weight excluding hydrogens is 280 g/mol. The van der Waals surface area contributed by atoms with Gasteiger partial charge in [-0.2, -0.15) is 0 Å². The molecule has 2 N–H and O–H groups in total. The lowest BCUT2D eigenvalue weighted by Gasteiger charge is -2.26. The monoisotopic (exact) mass is 298 g/mol. The first-order valence-corrected chi connectivity index (χ1v) is 7.16. The Labute approximate surface area is 129 Å². The molecule has 0 aliphatic carbocycles. The Morgan fingerprint density at radius 1 is 1.27 bits per heavy atom. The Kier molecular flexibility index (Phi) is 4.14. The molecule has 1 amide bonds. The number of carbonyl (C=O) groups is 1. The Hall–Kier alpha value is -2.69. The molecule has 1 aliphatic heterocycles. The van der Waals surface area contributed by atoms with Crippen molar-refractivity contribution >= 4 is 11.6 Å². The van der Waals surface area contributed by atoms with E-state index in [1.54, 1.807) is 7.11 Å². The number of hydrogen-bond acceptors (Lipinski definition) is 4. The van der Waals surface area contributed by atoms with Gasteiger partial charge in [-0.05, 0) is 29.8 Å². The molecule has 0 radical (unpaired) electrons. The van der Waals surface area contributed by atoms with Crippen LogP contribution in [-0.4, -0.2) is 25.7 Å². The molecule has 5 heteroatoms. The first-order chi connectivity index (χ1) is 10.8. The summed E-state index contributed by atoms with van der Waals surface area (Å²) < 4.78 is 10.8. The smallest absolute Gasteiger partial charge is 0.263 e. The zero-order chi connectivity index (χ0) is 15.4. The molecule has 0 saturated heterocycles. The van der Waals surface area contributed by atoms with E-state index in [1.165, 1.54) is 0 Å². The van der Waals surface area contributed by atoms with Crippen LogP contribution in [0.25, 0.3) is 0 Å². The normalized spacial score (nSPS) is 16.0. The molecule has 0 fully saturated rings. The number of para-hydroxylation sites is 2. The van der Waals surface area contributed by atoms with Crippen molar-refractivity contribution in [2.75, 3.05) is 19.0 Å². The molecule has 114 valence electrons. The summed E-state index contributed by atoms with van der Waals surface area (Å²) in [4.78, 5) is 12.2. The molecule has 3 rings (SSSR count). The van der Waals surface area contributed by atoms with Crippen molar-refractivity contribution in [3.8, 4) is 11.5 Å². The number of rotatable bonds is 4. The van der Waals surface area contributed by atoms with Crippen LogP contribution in [0.3, 0.4) is 0 Å². The number of hydrogen-bond donors (Lipinski definition) is 2. The van der Waals surface area contributed by atoms with Crippen LogP contribution in [0.2, 0.25) is 0 Å². The molecule has 22 heavy (non-hydrogen) atoms. The minimum absolute atomic E-state index is 0.127. The predicted octanol–water partition coefficient (Wildman–Crippen LogP) is 2.18. The number of carbonyl (C=O) groups excluding carboxylic acids is 1. The Morgan fingerprint density at radius 3 is 2.82 bits per heavy atom. The van der Waals surface area contributed by atoms with Crippen molar-refractivity contribution < 1.29 is 14.3 Å². The number of benzene rings is 2. The van der Waals surface area contributed by atoms with Crippen molar-refractivity contribution in [3.05, 3.63) is 54.1 Å². The third-order valence-electron chi connectivity index (χ3n) is 3.55. The highest BCUT2D eigenvalue weighted by Gasteiger charge is 2.25. The maximum Gasteiger partial charge on any atom is 0.263 e. The average Bonchev–Trinajstić information content (AvgIpc) is 2.59. The van der Waals surface area contributed by atoms with E-state index in [2.05, 4.69) is 10.6 Å². The highest BCUT2D eigenvalue weighted by molar-refractivity contribution is 5.83. The van der Waals surface area contributed by atoms with E-state index < -0.39 is 6.10 Å². The molecular formula is C17H18N2O3. The first kappa shape index (κ1) is 14.3. The van der Waals surface area contributed by atoms with Gasteiger partial charge >= 0.3 is 0 Å². The summed E-state index contributed by atoms with van der Waals surface area (Å²) in [5, 5.41) is 6.10. The van der Waals surface area contributed by atoms with E-state index in [4.69, 9.17) is 9.47 Å². The second-order valence-corrected chi connectivity index (χ2v) is 5.05. The van der Waals surface area contributed by atoms with Gasteiger partial charge in [0.25, 0.3) is 5.91 Å². The fourth-order valence-corrected chi connectivity index (χ4v) is 2.31. The lowest BCUT2D eigenvalue weighted by atomic mass is 10.2. The quantitative estimate of drug-likeness (QED) is 0.908. The fraction of sp³-hybridized carbons (Fsp3) is 0.235. The Balaban J connectivity index is 1.56. The molecule has 2 aromatic rings. The maximum atomic E-state index is 12.2. The summed E-state index contributed by atoms with van der Waals surface area (Å²) >= 11 is 0. The van der Waals surface area contributed by atoms with Gasteiger partial charge < -0.3 is 20.1 Å². The van der Waals surface area contributed by atoms with Crippen molar-refractivity contribution in [2.24, 2.45) is 0 Å². The van der Waals surface area contributed by atoms with Crippen molar-refractivity contribution in [3.63, 3.8) is 0 Å². The number of anilines is 1. The number of methoxy groups -OCH3 is 1. The standard InChI is InChI=1S/C17H18N2O3/c1-21-13-8-6-12(7-9-13)10-19-17(20)16-11-18-14-4-2-3-5-15(14)22-16/h2-9,16,18H,10-11H2,1H3,(H,19,20). The number of amides is 1. The second kappa shape index (κ2) is 6.39. The molecule has 2 aromatic carbocycles. The van der Waals surface area contributed by atoms with Gasteiger partial charge in [-0.25, -0.2) is 0 Å². The zero-order valence-corrected chi connectivity index (χ0v) is 12.3. The van der Waals surface area contributed by atoms with Crippen LogP contribution in [-0.2, 0) is 11.3 Å². The molecule has 0 aromatic heterocycles. The molecule has 0 saturated carbocycles. The van der Waals surface area contributed by atoms with E-state index in [1.807, 2.05) is 48.5 Å². The molecule has 0 bridgehead atoms. The third kappa shape index (κ3) is 3.14. The molecule has 1 heterocycles. The highest BCUT2D eigenvalue weighted by Crippen LogP contribution is 2.28. The highest BCUT2D eigenvalue weighted by atomic mass is 16.5. The molecule has 1 unspecified atom stereocenters. The SMILES string of the molecule is COc1ccc(CNC(=O)C2CNc3ccccc3O2)cc1. The molecule has 1 atom stereocenters. The molecule has 5 nitrogen and oxygen atoms in total. The summed E-state index contributed by atoms with van der Waals surface area (Å²) in [6.07, 6.45) is -0.520. The summed E-state index contributed by atoms with van der Waals surface area (Å²) in [5.41, 5.74) is 1.93. The van der Waals surface area contributed by atoms with Gasteiger partial charge in [0.15, 0.2) is 6.10 Å². The van der Waals surface area contributed by atoms with E-state index >= 15 is 0 Å². The van der Waals surface area contributed by atoms with E-state index in [9.17, 15) is 4.79 Å². The molecule has 1 aliphatic rings. The second-order valence-electron chi connectivity index (χ2n) is 5.05. The van der Waals surface area contributed by atoms with Crippen LogP contribution in [0.4, 0.5) is 5.69 Å². The van der Waals surface area contributed by atoms with Crippen molar-refractivity contribution in [1.29, 1.82) is 0 Å². The largest absolute Gasteiger partial charge is 0.497 e. The number of fused-ring (bicyclic) bond motifs is 1. The number of nitrogens with one attached hydrogen (secondary N) is 2. The Bertz CT molecular complexity index is 655. The predicted molar refractivity (Wildman–Crippen MR) is 84.2 cm³/mol. The summed E-state index contributed by atoms with van der Waals surface area (Å²) in [5.74, 6) is 1.38. The Morgan fingerprint density at radius 2 is 2.05 bits per heavy atom. The van der Waals surface area contributed by atoms with Crippen molar-refractivity contribution in [1.82, 2.24) is 5.32 Å². The minimum Gasteiger partial charge on any atom is -0.497 e. The van der Waals surface area contributed by atoms with Gasteiger partial charge in [0, 0.05) is 6.54 Å². The van der Waals surface area contributed by atoms with Crippen LogP contribution in [0.15, 0.2) is 48.5 Å². The van der Waals surface area contributed by atoms with E-state index in [-0.39, 0.29) is 5.91 Å². The lowest BCUT2D eigenvalue weighted by Crippen LogP contribution is -2.44. The average molecular weight is 298 g/mol. The summed E-state index contributed by atoms with van der Waals surface area (Å²) in [6.45, 7) is 0.926. The van der Waals surface area contributed by atoms with Crippen LogP contribution >= 0.6 is 0 Å². The third-order valence-corrected chi connectivity index (χ3v) is 3.55. The van der Waals surface area contributed by atoms with E-state index in [0.29, 0.717) is 18.8 Å². The lowest BCUT2D eigenvalue weighted by molar-refractivity contribution is -0.127. The van der Waals surface area contributed by atoms with Crippen LogP contribution in [0, 0.1) is 0 Å².